The second-order valence-corrected chi connectivity index (χ2v) is 4.47. The molecule has 2 aromatic heterocycles. The van der Waals surface area contributed by atoms with Crippen LogP contribution in [0.3, 0.4) is 0 Å². The lowest BCUT2D eigenvalue weighted by Crippen LogP contribution is -2.28. The van der Waals surface area contributed by atoms with Crippen molar-refractivity contribution in [3.05, 3.63) is 42.0 Å². The van der Waals surface area contributed by atoms with Gasteiger partial charge in [0.15, 0.2) is 0 Å². The first-order chi connectivity index (χ1) is 8.78. The number of aryl methyl sites for hydroxylation is 2. The zero-order valence-corrected chi connectivity index (χ0v) is 10.9. The van der Waals surface area contributed by atoms with Crippen molar-refractivity contribution in [2.45, 2.75) is 25.3 Å². The minimum absolute atomic E-state index is 0.426. The molecule has 0 bridgehead atoms. The number of pyridine rings is 1. The number of rotatable bonds is 6. The average molecular weight is 245 g/mol. The third-order valence-corrected chi connectivity index (χ3v) is 3.04. The lowest BCUT2D eigenvalue weighted by molar-refractivity contribution is 0.514. The zero-order chi connectivity index (χ0) is 12.8. The normalized spacial score (nSPS) is 12.6. The van der Waals surface area contributed by atoms with E-state index in [9.17, 15) is 0 Å². The van der Waals surface area contributed by atoms with E-state index in [0.717, 1.165) is 25.0 Å². The number of hydrogen-bond donors (Lipinski definition) is 1. The second-order valence-electron chi connectivity index (χ2n) is 4.47. The fourth-order valence-electron chi connectivity index (χ4n) is 1.98. The predicted octanol–water partition coefficient (Wildman–Crippen LogP) is 0.973. The van der Waals surface area contributed by atoms with Crippen molar-refractivity contribution in [1.29, 1.82) is 0 Å². The van der Waals surface area contributed by atoms with Gasteiger partial charge in [0, 0.05) is 38.1 Å². The van der Waals surface area contributed by atoms with Crippen LogP contribution < -0.4 is 5.32 Å². The Morgan fingerprint density at radius 3 is 2.72 bits per heavy atom. The minimum Gasteiger partial charge on any atom is -0.317 e. The van der Waals surface area contributed by atoms with Crippen LogP contribution in [0.4, 0.5) is 0 Å². The van der Waals surface area contributed by atoms with Gasteiger partial charge in [0.2, 0.25) is 0 Å². The van der Waals surface area contributed by atoms with E-state index in [-0.39, 0.29) is 0 Å². The Kier molecular flexibility index (Phi) is 4.41. The van der Waals surface area contributed by atoms with E-state index in [2.05, 4.69) is 32.7 Å². The Morgan fingerprint density at radius 2 is 2.11 bits per heavy atom. The molecule has 1 N–H and O–H groups in total. The Morgan fingerprint density at radius 1 is 1.33 bits per heavy atom. The number of nitrogens with zero attached hydrogens (tertiary/aromatic N) is 4. The van der Waals surface area contributed by atoms with Gasteiger partial charge in [0.25, 0.3) is 0 Å². The SMILES string of the molecule is CNC(CCc1ccncc1)Cc1cn(C)nn1. The van der Waals surface area contributed by atoms with E-state index < -0.39 is 0 Å². The number of aromatic nitrogens is 4. The molecule has 1 unspecified atom stereocenters. The summed E-state index contributed by atoms with van der Waals surface area (Å²) in [4.78, 5) is 4.03. The molecule has 96 valence electrons. The highest BCUT2D eigenvalue weighted by atomic mass is 15.4. The maximum atomic E-state index is 4.12. The van der Waals surface area contributed by atoms with Crippen molar-refractivity contribution in [2.24, 2.45) is 7.05 Å². The summed E-state index contributed by atoms with van der Waals surface area (Å²) in [6, 6.07) is 4.55. The molecule has 0 radical (unpaired) electrons. The van der Waals surface area contributed by atoms with Crippen LogP contribution in [0.5, 0.6) is 0 Å². The zero-order valence-electron chi connectivity index (χ0n) is 10.9. The van der Waals surface area contributed by atoms with Crippen LogP contribution in [0, 0.1) is 0 Å². The van der Waals surface area contributed by atoms with Crippen molar-refractivity contribution in [2.75, 3.05) is 7.05 Å². The van der Waals surface area contributed by atoms with Crippen LogP contribution in [0.2, 0.25) is 0 Å². The minimum atomic E-state index is 0.426. The first-order valence-corrected chi connectivity index (χ1v) is 6.19. The molecule has 18 heavy (non-hydrogen) atoms. The molecule has 0 aliphatic carbocycles. The maximum absolute atomic E-state index is 4.12. The molecule has 0 aliphatic rings. The molecule has 0 aliphatic heterocycles. The number of hydrogen-bond acceptors (Lipinski definition) is 4. The first kappa shape index (κ1) is 12.7. The van der Waals surface area contributed by atoms with Crippen molar-refractivity contribution in [3.63, 3.8) is 0 Å². The monoisotopic (exact) mass is 245 g/mol. The summed E-state index contributed by atoms with van der Waals surface area (Å²) in [5, 5.41) is 11.4. The highest BCUT2D eigenvalue weighted by molar-refractivity contribution is 5.10. The molecule has 0 fully saturated rings. The van der Waals surface area contributed by atoms with Crippen molar-refractivity contribution < 1.29 is 0 Å². The van der Waals surface area contributed by atoms with Crippen LogP contribution in [-0.4, -0.2) is 33.1 Å². The molecule has 2 rings (SSSR count). The topological polar surface area (TPSA) is 55.6 Å². The van der Waals surface area contributed by atoms with Gasteiger partial charge in [-0.25, -0.2) is 0 Å². The van der Waals surface area contributed by atoms with Gasteiger partial charge in [-0.15, -0.1) is 5.10 Å². The number of nitrogens with one attached hydrogen (secondary N) is 1. The Balaban J connectivity index is 1.86. The van der Waals surface area contributed by atoms with Gasteiger partial charge in [0.05, 0.1) is 5.69 Å². The first-order valence-electron chi connectivity index (χ1n) is 6.19. The molecule has 0 aromatic carbocycles. The molecular formula is C13H19N5. The quantitative estimate of drug-likeness (QED) is 0.824. The molecule has 5 heteroatoms. The van der Waals surface area contributed by atoms with Crippen molar-refractivity contribution in [1.82, 2.24) is 25.3 Å². The van der Waals surface area contributed by atoms with Gasteiger partial charge in [0.1, 0.15) is 0 Å². The van der Waals surface area contributed by atoms with E-state index in [4.69, 9.17) is 0 Å². The molecule has 0 saturated heterocycles. The van der Waals surface area contributed by atoms with Crippen LogP contribution in [0.1, 0.15) is 17.7 Å². The maximum Gasteiger partial charge on any atom is 0.0842 e. The number of likely N-dealkylation sites (N-methyl/N-ethyl adjacent to an activating group) is 1. The predicted molar refractivity (Wildman–Crippen MR) is 70.1 cm³/mol. The van der Waals surface area contributed by atoms with Crippen molar-refractivity contribution >= 4 is 0 Å². The lowest BCUT2D eigenvalue weighted by Gasteiger charge is -2.14. The molecule has 0 spiro atoms. The standard InChI is InChI=1S/C13H19N5/c1-14-12(9-13-10-18(2)17-16-13)4-3-11-5-7-15-8-6-11/h5-8,10,12,14H,3-4,9H2,1-2H3. The van der Waals surface area contributed by atoms with Crippen LogP contribution in [-0.2, 0) is 19.9 Å². The molecule has 1 atom stereocenters. The van der Waals surface area contributed by atoms with Gasteiger partial charge in [-0.1, -0.05) is 5.21 Å². The van der Waals surface area contributed by atoms with E-state index in [1.165, 1.54) is 5.56 Å². The summed E-state index contributed by atoms with van der Waals surface area (Å²) in [6.07, 6.45) is 8.69. The molecule has 0 saturated carbocycles. The largest absolute Gasteiger partial charge is 0.317 e. The van der Waals surface area contributed by atoms with Gasteiger partial charge >= 0.3 is 0 Å². The Labute approximate surface area is 107 Å². The summed E-state index contributed by atoms with van der Waals surface area (Å²) in [5.41, 5.74) is 2.36. The van der Waals surface area contributed by atoms with E-state index in [0.29, 0.717) is 6.04 Å². The Hall–Kier alpha value is -1.75. The average Bonchev–Trinajstić information content (AvgIpc) is 2.81. The highest BCUT2D eigenvalue weighted by Gasteiger charge is 2.09. The third-order valence-electron chi connectivity index (χ3n) is 3.04. The highest BCUT2D eigenvalue weighted by Crippen LogP contribution is 2.07. The van der Waals surface area contributed by atoms with Gasteiger partial charge in [-0.3, -0.25) is 9.67 Å². The summed E-state index contributed by atoms with van der Waals surface area (Å²) in [5.74, 6) is 0. The molecule has 5 nitrogen and oxygen atoms in total. The molecule has 0 amide bonds. The van der Waals surface area contributed by atoms with Gasteiger partial charge in [-0.2, -0.15) is 0 Å². The van der Waals surface area contributed by atoms with Crippen LogP contribution in [0.15, 0.2) is 30.7 Å². The second kappa shape index (κ2) is 6.26. The third kappa shape index (κ3) is 3.63. The summed E-state index contributed by atoms with van der Waals surface area (Å²) in [6.45, 7) is 0. The molecule has 2 heterocycles. The van der Waals surface area contributed by atoms with E-state index in [1.807, 2.05) is 32.7 Å². The fraction of sp³-hybridized carbons (Fsp3) is 0.462. The van der Waals surface area contributed by atoms with Crippen LogP contribution >= 0.6 is 0 Å². The van der Waals surface area contributed by atoms with Crippen molar-refractivity contribution in [3.8, 4) is 0 Å². The molecular weight excluding hydrogens is 226 g/mol. The van der Waals surface area contributed by atoms with E-state index >= 15 is 0 Å². The molecule has 2 aromatic rings. The fourth-order valence-corrected chi connectivity index (χ4v) is 1.98. The van der Waals surface area contributed by atoms with Gasteiger partial charge in [-0.05, 0) is 37.6 Å². The summed E-state index contributed by atoms with van der Waals surface area (Å²) in [7, 11) is 3.88. The summed E-state index contributed by atoms with van der Waals surface area (Å²) >= 11 is 0. The lowest BCUT2D eigenvalue weighted by atomic mass is 10.0. The summed E-state index contributed by atoms with van der Waals surface area (Å²) < 4.78 is 1.74. The smallest absolute Gasteiger partial charge is 0.0842 e. The van der Waals surface area contributed by atoms with Gasteiger partial charge < -0.3 is 5.32 Å². The van der Waals surface area contributed by atoms with Crippen LogP contribution in [0.25, 0.3) is 0 Å². The van der Waals surface area contributed by atoms with E-state index in [1.54, 1.807) is 4.68 Å². The Bertz CT molecular complexity index is 465.